The summed E-state index contributed by atoms with van der Waals surface area (Å²) in [6, 6.07) is 0. The quantitative estimate of drug-likeness (QED) is 0.0268. The van der Waals surface area contributed by atoms with Crippen LogP contribution < -0.4 is 0 Å². The lowest BCUT2D eigenvalue weighted by Gasteiger charge is -2.18. The third-order valence-corrected chi connectivity index (χ3v) is 9.15. The Bertz CT molecular complexity index is 1120. The number of carbonyl (C=O) groups excluding carboxylic acids is 3. The molecule has 0 heterocycles. The minimum atomic E-state index is -0.820. The fraction of sp³-hybridized carbons (Fsp3) is 0.660. The highest BCUT2D eigenvalue weighted by Gasteiger charge is 2.19. The van der Waals surface area contributed by atoms with Crippen molar-refractivity contribution in [2.45, 2.75) is 200 Å². The summed E-state index contributed by atoms with van der Waals surface area (Å²) in [5, 5.41) is 0. The number of hydrogen-bond acceptors (Lipinski definition) is 6. The zero-order chi connectivity index (χ0) is 40.8. The van der Waals surface area contributed by atoms with Gasteiger partial charge in [0, 0.05) is 12.8 Å². The lowest BCUT2D eigenvalue weighted by molar-refractivity contribution is -0.166. The van der Waals surface area contributed by atoms with E-state index in [4.69, 9.17) is 14.2 Å². The van der Waals surface area contributed by atoms with Crippen molar-refractivity contribution in [3.05, 3.63) is 85.1 Å². The Morgan fingerprint density at radius 1 is 0.393 bits per heavy atom. The fourth-order valence-corrected chi connectivity index (χ4v) is 5.80. The van der Waals surface area contributed by atoms with Gasteiger partial charge in [-0.2, -0.15) is 0 Å². The summed E-state index contributed by atoms with van der Waals surface area (Å²) in [7, 11) is 0. The van der Waals surface area contributed by atoms with Crippen LogP contribution in [-0.2, 0) is 28.6 Å². The minimum absolute atomic E-state index is 0.115. The summed E-state index contributed by atoms with van der Waals surface area (Å²) in [5.74, 6) is -1.08. The smallest absolute Gasteiger partial charge is 0.309 e. The van der Waals surface area contributed by atoms with Crippen LogP contribution in [0.15, 0.2) is 85.1 Å². The van der Waals surface area contributed by atoms with Crippen molar-refractivity contribution in [2.24, 2.45) is 0 Å². The number of rotatable bonds is 39. The molecular weight excluding hydrogens is 697 g/mol. The molecule has 0 fully saturated rings. The maximum Gasteiger partial charge on any atom is 0.309 e. The van der Waals surface area contributed by atoms with Crippen molar-refractivity contribution in [2.75, 3.05) is 13.2 Å². The van der Waals surface area contributed by atoms with E-state index in [2.05, 4.69) is 93.7 Å². The zero-order valence-electron chi connectivity index (χ0n) is 36.1. The van der Waals surface area contributed by atoms with E-state index >= 15 is 0 Å². The molecule has 1 unspecified atom stereocenters. The summed E-state index contributed by atoms with van der Waals surface area (Å²) >= 11 is 0. The Kier molecular flexibility index (Phi) is 41.6. The lowest BCUT2D eigenvalue weighted by atomic mass is 10.1. The highest BCUT2D eigenvalue weighted by molar-refractivity contribution is 5.72. The van der Waals surface area contributed by atoms with E-state index in [0.29, 0.717) is 12.8 Å². The van der Waals surface area contributed by atoms with E-state index < -0.39 is 12.1 Å². The molecule has 0 aromatic carbocycles. The van der Waals surface area contributed by atoms with Crippen molar-refractivity contribution in [1.29, 1.82) is 0 Å². The first-order valence-electron chi connectivity index (χ1n) is 22.6. The average Bonchev–Trinajstić information content (AvgIpc) is 3.19. The number of carbonyl (C=O) groups is 3. The molecule has 0 bridgehead atoms. The summed E-state index contributed by atoms with van der Waals surface area (Å²) < 4.78 is 16.6. The number of esters is 3. The highest BCUT2D eigenvalue weighted by Crippen LogP contribution is 2.13. The van der Waals surface area contributed by atoms with Gasteiger partial charge in [0.25, 0.3) is 0 Å². The van der Waals surface area contributed by atoms with Gasteiger partial charge in [-0.15, -0.1) is 0 Å². The Morgan fingerprint density at radius 2 is 0.768 bits per heavy atom. The van der Waals surface area contributed by atoms with Crippen LogP contribution >= 0.6 is 0 Å². The zero-order valence-corrected chi connectivity index (χ0v) is 36.1. The van der Waals surface area contributed by atoms with Gasteiger partial charge in [-0.3, -0.25) is 14.4 Å². The first-order valence-corrected chi connectivity index (χ1v) is 22.6. The molecule has 0 saturated heterocycles. The Labute approximate surface area is 344 Å². The summed E-state index contributed by atoms with van der Waals surface area (Å²) in [6.07, 6.45) is 56.0. The van der Waals surface area contributed by atoms with Gasteiger partial charge in [-0.1, -0.05) is 170 Å². The van der Waals surface area contributed by atoms with Crippen LogP contribution in [0.3, 0.4) is 0 Å². The second-order valence-electron chi connectivity index (χ2n) is 14.6. The van der Waals surface area contributed by atoms with Crippen LogP contribution in [0.4, 0.5) is 0 Å². The molecule has 1 atom stereocenters. The molecule has 0 saturated carbocycles. The number of ether oxygens (including phenoxy) is 3. The van der Waals surface area contributed by atoms with Gasteiger partial charge in [0.05, 0.1) is 6.42 Å². The van der Waals surface area contributed by atoms with Gasteiger partial charge in [0.1, 0.15) is 13.2 Å². The monoisotopic (exact) mass is 779 g/mol. The maximum atomic E-state index is 12.7. The fourth-order valence-electron chi connectivity index (χ4n) is 5.80. The maximum absolute atomic E-state index is 12.7. The molecule has 0 aromatic rings. The first kappa shape index (κ1) is 52.6. The number of allylic oxidation sites excluding steroid dienone is 13. The molecule has 0 aliphatic rings. The molecular formula is C50H82O6. The molecule has 318 valence electrons. The molecule has 0 rings (SSSR count). The molecule has 56 heavy (non-hydrogen) atoms. The van der Waals surface area contributed by atoms with Crippen molar-refractivity contribution in [3.63, 3.8) is 0 Å². The SMILES string of the molecule is CC/C=C\C/C=C\C/C=C\CC(=O)OCC(COC(=O)CCCCCCCCC/C=C\C/C=C\CCCCC)OC(=O)CCCCCCC/C=C\C/C=C\CC. The third-order valence-electron chi connectivity index (χ3n) is 9.15. The second kappa shape index (κ2) is 44.3. The summed E-state index contributed by atoms with van der Waals surface area (Å²) in [6.45, 7) is 6.24. The molecule has 6 nitrogen and oxygen atoms in total. The topological polar surface area (TPSA) is 78.9 Å². The van der Waals surface area contributed by atoms with E-state index in [9.17, 15) is 14.4 Å². The average molecular weight is 779 g/mol. The molecule has 6 heteroatoms. The van der Waals surface area contributed by atoms with E-state index in [1.165, 1.54) is 51.4 Å². The van der Waals surface area contributed by atoms with E-state index in [0.717, 1.165) is 103 Å². The van der Waals surface area contributed by atoms with Gasteiger partial charge < -0.3 is 14.2 Å². The Hall–Kier alpha value is -3.41. The standard InChI is InChI=1S/C50H82O6/c1-4-7-10-13-16-19-21-23-24-25-26-27-29-31-34-37-40-43-49(52)55-46-47(45-54-48(51)42-39-36-33-30-18-15-12-9-6-3)56-50(53)44-41-38-35-32-28-22-20-17-14-11-8-5-2/h8-9,11-12,16-20,23-24,30,36,39,47H,4-7,10,13-15,21-22,25-29,31-35,37-38,40-46H2,1-3H3/b11-8-,12-9-,19-16-,20-17-,24-23-,30-18-,39-36-. The van der Waals surface area contributed by atoms with E-state index in [1.807, 2.05) is 6.08 Å². The molecule has 0 aliphatic carbocycles. The Morgan fingerprint density at radius 3 is 1.25 bits per heavy atom. The van der Waals surface area contributed by atoms with Crippen LogP contribution in [0, 0.1) is 0 Å². The number of unbranched alkanes of at least 4 members (excludes halogenated alkanes) is 15. The minimum Gasteiger partial charge on any atom is -0.462 e. The van der Waals surface area contributed by atoms with Crippen LogP contribution in [-0.4, -0.2) is 37.2 Å². The van der Waals surface area contributed by atoms with Crippen molar-refractivity contribution < 1.29 is 28.6 Å². The van der Waals surface area contributed by atoms with Crippen LogP contribution in [0.25, 0.3) is 0 Å². The molecule has 0 N–H and O–H groups in total. The van der Waals surface area contributed by atoms with Gasteiger partial charge >= 0.3 is 17.9 Å². The molecule has 0 amide bonds. The van der Waals surface area contributed by atoms with Crippen molar-refractivity contribution in [3.8, 4) is 0 Å². The second-order valence-corrected chi connectivity index (χ2v) is 14.6. The highest BCUT2D eigenvalue weighted by atomic mass is 16.6. The Balaban J connectivity index is 4.43. The largest absolute Gasteiger partial charge is 0.462 e. The van der Waals surface area contributed by atoms with Gasteiger partial charge in [-0.05, 0) is 89.9 Å². The first-order chi connectivity index (χ1) is 27.5. The molecule has 0 spiro atoms. The van der Waals surface area contributed by atoms with Crippen molar-refractivity contribution >= 4 is 17.9 Å². The molecule has 0 aromatic heterocycles. The van der Waals surface area contributed by atoms with E-state index in [-0.39, 0.29) is 31.6 Å². The third kappa shape index (κ3) is 41.7. The van der Waals surface area contributed by atoms with Crippen molar-refractivity contribution in [1.82, 2.24) is 0 Å². The lowest BCUT2D eigenvalue weighted by Crippen LogP contribution is -2.30. The van der Waals surface area contributed by atoms with Gasteiger partial charge in [0.15, 0.2) is 6.10 Å². The normalized spacial score (nSPS) is 12.8. The van der Waals surface area contributed by atoms with Gasteiger partial charge in [-0.25, -0.2) is 0 Å². The van der Waals surface area contributed by atoms with Crippen LogP contribution in [0.5, 0.6) is 0 Å². The van der Waals surface area contributed by atoms with Crippen LogP contribution in [0.1, 0.15) is 194 Å². The summed E-state index contributed by atoms with van der Waals surface area (Å²) in [5.41, 5.74) is 0. The molecule has 0 radical (unpaired) electrons. The number of hydrogen-bond donors (Lipinski definition) is 0. The van der Waals surface area contributed by atoms with Crippen LogP contribution in [0.2, 0.25) is 0 Å². The summed E-state index contributed by atoms with van der Waals surface area (Å²) in [4.78, 5) is 37.6. The van der Waals surface area contributed by atoms with Gasteiger partial charge in [0.2, 0.25) is 0 Å². The predicted octanol–water partition coefficient (Wildman–Crippen LogP) is 14.5. The van der Waals surface area contributed by atoms with E-state index in [1.54, 1.807) is 6.08 Å². The predicted molar refractivity (Wildman–Crippen MR) is 237 cm³/mol. The molecule has 0 aliphatic heterocycles.